The smallest absolute Gasteiger partial charge is 0.423 e. The summed E-state index contributed by atoms with van der Waals surface area (Å²) in [5, 5.41) is 25.5. The van der Waals surface area contributed by atoms with Gasteiger partial charge in [0.15, 0.2) is 0 Å². The fourth-order valence-corrected chi connectivity index (χ4v) is 1.42. The number of aryl methyl sites for hydroxylation is 1. The first kappa shape index (κ1) is 8.28. The van der Waals surface area contributed by atoms with Crippen molar-refractivity contribution in [2.45, 2.75) is 6.92 Å². The number of hydrogen-bond acceptors (Lipinski definition) is 3. The van der Waals surface area contributed by atoms with Crippen LogP contribution in [0, 0.1) is 6.92 Å². The van der Waals surface area contributed by atoms with Crippen LogP contribution in [0.1, 0.15) is 5.56 Å². The molecule has 13 heavy (non-hydrogen) atoms. The van der Waals surface area contributed by atoms with E-state index >= 15 is 0 Å². The van der Waals surface area contributed by atoms with Gasteiger partial charge in [0.25, 0.3) is 0 Å². The Balaban J connectivity index is 2.78. The number of H-pyrrole nitrogens is 1. The van der Waals surface area contributed by atoms with Gasteiger partial charge in [-0.1, -0.05) is 12.1 Å². The topological polar surface area (TPSA) is 69.1 Å². The molecule has 0 atom stereocenters. The maximum atomic E-state index is 9.04. The molecule has 1 aromatic carbocycles. The molecule has 0 saturated heterocycles. The minimum absolute atomic E-state index is 0.481. The zero-order chi connectivity index (χ0) is 9.42. The number of rotatable bonds is 1. The van der Waals surface area contributed by atoms with Crippen molar-refractivity contribution in [2.75, 3.05) is 0 Å². The Morgan fingerprint density at radius 1 is 1.38 bits per heavy atom. The Kier molecular flexibility index (Phi) is 1.83. The summed E-state index contributed by atoms with van der Waals surface area (Å²) in [6.45, 7) is 1.94. The monoisotopic (exact) mass is 176 g/mol. The molecule has 0 aliphatic heterocycles. The molecule has 1 aromatic heterocycles. The molecular formula is C8H9BN2O2. The van der Waals surface area contributed by atoms with E-state index in [4.69, 9.17) is 10.0 Å². The number of fused-ring (bicyclic) bond motifs is 1. The quantitative estimate of drug-likeness (QED) is 0.515. The van der Waals surface area contributed by atoms with E-state index in [1.165, 1.54) is 0 Å². The van der Waals surface area contributed by atoms with Gasteiger partial charge in [-0.05, 0) is 17.9 Å². The van der Waals surface area contributed by atoms with Gasteiger partial charge in [-0.15, -0.1) is 0 Å². The highest BCUT2D eigenvalue weighted by Crippen LogP contribution is 2.12. The molecule has 0 aliphatic rings. The molecule has 5 heteroatoms. The molecule has 0 saturated carbocycles. The first-order chi connectivity index (χ1) is 6.20. The van der Waals surface area contributed by atoms with Crippen LogP contribution in [0.25, 0.3) is 10.9 Å². The molecule has 0 radical (unpaired) electrons. The Bertz CT molecular complexity index is 439. The summed E-state index contributed by atoms with van der Waals surface area (Å²) in [6, 6.07) is 3.52. The first-order valence-corrected chi connectivity index (χ1v) is 3.99. The second kappa shape index (κ2) is 2.87. The van der Waals surface area contributed by atoms with Gasteiger partial charge < -0.3 is 10.0 Å². The normalized spacial score (nSPS) is 10.7. The summed E-state index contributed by atoms with van der Waals surface area (Å²) in [4.78, 5) is 0. The fourth-order valence-electron chi connectivity index (χ4n) is 1.42. The van der Waals surface area contributed by atoms with Crippen molar-refractivity contribution in [1.82, 2.24) is 10.2 Å². The maximum Gasteiger partial charge on any atom is 0.489 e. The zero-order valence-electron chi connectivity index (χ0n) is 7.15. The van der Waals surface area contributed by atoms with Crippen LogP contribution in [0.15, 0.2) is 18.3 Å². The van der Waals surface area contributed by atoms with Gasteiger partial charge in [-0.3, -0.25) is 5.10 Å². The van der Waals surface area contributed by atoms with Gasteiger partial charge >= 0.3 is 7.12 Å². The van der Waals surface area contributed by atoms with Crippen molar-refractivity contribution in [3.8, 4) is 0 Å². The van der Waals surface area contributed by atoms with Crippen LogP contribution in [-0.4, -0.2) is 27.4 Å². The van der Waals surface area contributed by atoms with E-state index in [0.717, 1.165) is 16.5 Å². The van der Waals surface area contributed by atoms with Crippen LogP contribution in [0.4, 0.5) is 0 Å². The van der Waals surface area contributed by atoms with Crippen LogP contribution in [0.3, 0.4) is 0 Å². The number of aromatic nitrogens is 2. The summed E-state index contributed by atoms with van der Waals surface area (Å²) in [5.74, 6) is 0. The van der Waals surface area contributed by atoms with Gasteiger partial charge in [0.2, 0.25) is 0 Å². The van der Waals surface area contributed by atoms with Crippen molar-refractivity contribution in [3.05, 3.63) is 23.9 Å². The molecule has 0 bridgehead atoms. The largest absolute Gasteiger partial charge is 0.489 e. The predicted molar refractivity (Wildman–Crippen MR) is 50.7 cm³/mol. The molecule has 1 heterocycles. The molecule has 3 N–H and O–H groups in total. The number of nitrogens with one attached hydrogen (secondary N) is 1. The fraction of sp³-hybridized carbons (Fsp3) is 0.125. The SMILES string of the molecule is Cc1ccc(B(O)O)c2cn[nH]c12. The summed E-state index contributed by atoms with van der Waals surface area (Å²) < 4.78 is 0. The van der Waals surface area contributed by atoms with E-state index in [-0.39, 0.29) is 0 Å². The van der Waals surface area contributed by atoms with E-state index in [0.29, 0.717) is 5.46 Å². The number of benzene rings is 1. The molecule has 0 fully saturated rings. The van der Waals surface area contributed by atoms with E-state index in [1.54, 1.807) is 12.3 Å². The maximum absolute atomic E-state index is 9.04. The van der Waals surface area contributed by atoms with Crippen LogP contribution >= 0.6 is 0 Å². The standard InChI is InChI=1S/C8H9BN2O2/c1-5-2-3-7(9(12)13)6-4-10-11-8(5)6/h2-4,12-13H,1H3,(H,10,11). The lowest BCUT2D eigenvalue weighted by Gasteiger charge is -2.02. The van der Waals surface area contributed by atoms with Gasteiger partial charge in [0.05, 0.1) is 11.7 Å². The highest BCUT2D eigenvalue weighted by Gasteiger charge is 2.15. The number of aromatic amines is 1. The lowest BCUT2D eigenvalue weighted by Crippen LogP contribution is -2.30. The second-order valence-electron chi connectivity index (χ2n) is 3.00. The average molecular weight is 176 g/mol. The lowest BCUT2D eigenvalue weighted by molar-refractivity contribution is 0.426. The minimum atomic E-state index is -1.44. The Morgan fingerprint density at radius 2 is 2.15 bits per heavy atom. The number of hydrogen-bond donors (Lipinski definition) is 3. The van der Waals surface area contributed by atoms with Crippen LogP contribution in [-0.2, 0) is 0 Å². The van der Waals surface area contributed by atoms with Crippen LogP contribution in [0.2, 0.25) is 0 Å². The minimum Gasteiger partial charge on any atom is -0.423 e. The van der Waals surface area contributed by atoms with E-state index < -0.39 is 7.12 Å². The highest BCUT2D eigenvalue weighted by atomic mass is 16.4. The van der Waals surface area contributed by atoms with Crippen molar-refractivity contribution in [2.24, 2.45) is 0 Å². The van der Waals surface area contributed by atoms with Gasteiger partial charge in [0.1, 0.15) is 0 Å². The molecular weight excluding hydrogens is 167 g/mol. The number of nitrogens with zero attached hydrogens (tertiary/aromatic N) is 1. The zero-order valence-corrected chi connectivity index (χ0v) is 7.15. The van der Waals surface area contributed by atoms with Crippen molar-refractivity contribution < 1.29 is 10.0 Å². The van der Waals surface area contributed by atoms with E-state index in [9.17, 15) is 0 Å². The van der Waals surface area contributed by atoms with Gasteiger partial charge in [-0.25, -0.2) is 0 Å². The molecule has 0 spiro atoms. The van der Waals surface area contributed by atoms with Crippen LogP contribution < -0.4 is 5.46 Å². The van der Waals surface area contributed by atoms with Crippen molar-refractivity contribution >= 4 is 23.5 Å². The van der Waals surface area contributed by atoms with Crippen molar-refractivity contribution in [1.29, 1.82) is 0 Å². The van der Waals surface area contributed by atoms with Gasteiger partial charge in [0, 0.05) is 5.39 Å². The third-order valence-electron chi connectivity index (χ3n) is 2.14. The highest BCUT2D eigenvalue weighted by molar-refractivity contribution is 6.61. The third-order valence-corrected chi connectivity index (χ3v) is 2.14. The van der Waals surface area contributed by atoms with E-state index in [1.807, 2.05) is 13.0 Å². The summed E-state index contributed by atoms with van der Waals surface area (Å²) >= 11 is 0. The molecule has 2 aromatic rings. The predicted octanol–water partition coefficient (Wildman–Crippen LogP) is -0.449. The Hall–Kier alpha value is -1.33. The Morgan fingerprint density at radius 3 is 2.85 bits per heavy atom. The average Bonchev–Trinajstić information content (AvgIpc) is 2.53. The first-order valence-electron chi connectivity index (χ1n) is 3.99. The third kappa shape index (κ3) is 1.22. The second-order valence-corrected chi connectivity index (χ2v) is 3.00. The molecule has 0 unspecified atom stereocenters. The van der Waals surface area contributed by atoms with Crippen molar-refractivity contribution in [3.63, 3.8) is 0 Å². The molecule has 0 aliphatic carbocycles. The molecule has 66 valence electrons. The lowest BCUT2D eigenvalue weighted by atomic mass is 9.78. The van der Waals surface area contributed by atoms with E-state index in [2.05, 4.69) is 10.2 Å². The molecule has 0 amide bonds. The van der Waals surface area contributed by atoms with Crippen LogP contribution in [0.5, 0.6) is 0 Å². The summed E-state index contributed by atoms with van der Waals surface area (Å²) in [6.07, 6.45) is 1.59. The summed E-state index contributed by atoms with van der Waals surface area (Å²) in [5.41, 5.74) is 2.37. The Labute approximate surface area is 75.4 Å². The van der Waals surface area contributed by atoms with Gasteiger partial charge in [-0.2, -0.15) is 5.10 Å². The molecule has 2 rings (SSSR count). The summed E-state index contributed by atoms with van der Waals surface area (Å²) in [7, 11) is -1.44. The molecule has 4 nitrogen and oxygen atoms in total.